The molecule has 4 N–H and O–H groups in total. The van der Waals surface area contributed by atoms with Crippen LogP contribution in [0.15, 0.2) is 0 Å². The molecule has 0 aromatic heterocycles. The lowest BCUT2D eigenvalue weighted by Crippen LogP contribution is -2.32. The van der Waals surface area contributed by atoms with E-state index >= 15 is 0 Å². The minimum absolute atomic E-state index is 0. The zero-order valence-electron chi connectivity index (χ0n) is 4.05. The average Bonchev–Trinajstić information content (AvgIpc) is 1.36. The Hall–Kier alpha value is -0.280. The minimum Gasteiger partial charge on any atom is -0.368 e. The van der Waals surface area contributed by atoms with Crippen molar-refractivity contribution in [1.82, 2.24) is 0 Å². The van der Waals surface area contributed by atoms with Crippen molar-refractivity contribution in [3.8, 4) is 0 Å². The number of primary amides is 1. The largest absolute Gasteiger partial charge is 0.368 e. The van der Waals surface area contributed by atoms with E-state index in [9.17, 15) is 4.79 Å². The molecule has 0 aliphatic carbocycles. The summed E-state index contributed by atoms with van der Waals surface area (Å²) in [6, 6.07) is -0.509. The summed E-state index contributed by atoms with van der Waals surface area (Å²) in [7, 11) is 0. The molecular formula is C3H9ClN2O. The third kappa shape index (κ3) is 5.72. The summed E-state index contributed by atoms with van der Waals surface area (Å²) < 4.78 is 0. The zero-order valence-corrected chi connectivity index (χ0v) is 4.87. The molecule has 0 bridgehead atoms. The second-order valence-corrected chi connectivity index (χ2v) is 1.19. The standard InChI is InChI=1S/C3H8N2O.ClH/c1-2(4)3(5)6;/h2H,4H2,1H3,(H2,5,6);1H/t2-;/m0./s1. The molecule has 1 atom stereocenters. The number of carbonyl (C=O) groups is 1. The first-order chi connectivity index (χ1) is 2.64. The van der Waals surface area contributed by atoms with Crippen LogP contribution >= 0.6 is 12.4 Å². The van der Waals surface area contributed by atoms with Crippen LogP contribution in [0.1, 0.15) is 6.92 Å². The van der Waals surface area contributed by atoms with E-state index in [4.69, 9.17) is 5.73 Å². The van der Waals surface area contributed by atoms with Gasteiger partial charge < -0.3 is 11.5 Å². The van der Waals surface area contributed by atoms with Crippen molar-refractivity contribution < 1.29 is 4.79 Å². The number of carbonyl (C=O) groups excluding carboxylic acids is 1. The summed E-state index contributed by atoms with van der Waals surface area (Å²) in [5.74, 6) is -0.463. The molecule has 0 aliphatic heterocycles. The maximum absolute atomic E-state index is 9.80. The molecule has 0 saturated carbocycles. The molecule has 0 fully saturated rings. The van der Waals surface area contributed by atoms with Gasteiger partial charge in [0.25, 0.3) is 0 Å². The summed E-state index contributed by atoms with van der Waals surface area (Å²) in [4.78, 5) is 9.80. The van der Waals surface area contributed by atoms with Gasteiger partial charge in [-0.15, -0.1) is 12.4 Å². The predicted octanol–water partition coefficient (Wildman–Crippen LogP) is -0.759. The monoisotopic (exact) mass is 124 g/mol. The first kappa shape index (κ1) is 9.87. The molecule has 0 aromatic carbocycles. The molecule has 3 nitrogen and oxygen atoms in total. The topological polar surface area (TPSA) is 69.1 Å². The molecule has 0 spiro atoms. The summed E-state index contributed by atoms with van der Waals surface area (Å²) in [6.07, 6.45) is 0. The first-order valence-electron chi connectivity index (χ1n) is 1.69. The Morgan fingerprint density at radius 2 is 1.86 bits per heavy atom. The Morgan fingerprint density at radius 3 is 1.86 bits per heavy atom. The number of amides is 1. The van der Waals surface area contributed by atoms with Crippen LogP contribution in [0, 0.1) is 0 Å². The van der Waals surface area contributed by atoms with Gasteiger partial charge in [0.15, 0.2) is 0 Å². The number of halogens is 1. The first-order valence-corrected chi connectivity index (χ1v) is 1.69. The van der Waals surface area contributed by atoms with Gasteiger partial charge in [0.1, 0.15) is 0 Å². The average molecular weight is 125 g/mol. The van der Waals surface area contributed by atoms with Crippen molar-refractivity contribution in [1.29, 1.82) is 0 Å². The molecule has 1 amide bonds. The van der Waals surface area contributed by atoms with Crippen molar-refractivity contribution in [2.45, 2.75) is 13.0 Å². The van der Waals surface area contributed by atoms with Crippen molar-refractivity contribution in [3.05, 3.63) is 0 Å². The van der Waals surface area contributed by atoms with Gasteiger partial charge in [-0.05, 0) is 6.92 Å². The molecule has 0 aliphatic rings. The van der Waals surface area contributed by atoms with E-state index in [-0.39, 0.29) is 12.4 Å². The Labute approximate surface area is 48.5 Å². The maximum atomic E-state index is 9.80. The Bertz CT molecular complexity index is 64.0. The lowest BCUT2D eigenvalue weighted by molar-refractivity contribution is -0.118. The van der Waals surface area contributed by atoms with Crippen LogP contribution in [0.2, 0.25) is 0 Å². The van der Waals surface area contributed by atoms with Gasteiger partial charge in [-0.25, -0.2) is 0 Å². The Morgan fingerprint density at radius 1 is 1.71 bits per heavy atom. The van der Waals surface area contributed by atoms with E-state index in [1.54, 1.807) is 6.92 Å². The molecule has 4 heteroatoms. The highest BCUT2D eigenvalue weighted by atomic mass is 35.5. The summed E-state index contributed by atoms with van der Waals surface area (Å²) in [5, 5.41) is 0. The van der Waals surface area contributed by atoms with Gasteiger partial charge in [-0.3, -0.25) is 4.79 Å². The van der Waals surface area contributed by atoms with E-state index in [2.05, 4.69) is 5.73 Å². The molecule has 0 heterocycles. The summed E-state index contributed by atoms with van der Waals surface area (Å²) in [5.41, 5.74) is 9.63. The van der Waals surface area contributed by atoms with Gasteiger partial charge in [-0.1, -0.05) is 0 Å². The van der Waals surface area contributed by atoms with Crippen molar-refractivity contribution >= 4 is 18.3 Å². The molecule has 0 radical (unpaired) electrons. The van der Waals surface area contributed by atoms with Gasteiger partial charge in [0, 0.05) is 0 Å². The predicted molar refractivity (Wildman–Crippen MR) is 30.1 cm³/mol. The fourth-order valence-corrected chi connectivity index (χ4v) is 0. The van der Waals surface area contributed by atoms with Crippen LogP contribution in [0.3, 0.4) is 0 Å². The van der Waals surface area contributed by atoms with E-state index in [0.29, 0.717) is 0 Å². The fourth-order valence-electron chi connectivity index (χ4n) is 0. The van der Waals surface area contributed by atoms with Crippen LogP contribution in [0.5, 0.6) is 0 Å². The Kier molecular flexibility index (Phi) is 5.49. The van der Waals surface area contributed by atoms with Gasteiger partial charge >= 0.3 is 0 Å². The van der Waals surface area contributed by atoms with Crippen molar-refractivity contribution in [2.75, 3.05) is 0 Å². The van der Waals surface area contributed by atoms with Gasteiger partial charge in [0.2, 0.25) is 5.91 Å². The van der Waals surface area contributed by atoms with Crippen LogP contribution in [-0.2, 0) is 4.79 Å². The second-order valence-electron chi connectivity index (χ2n) is 1.19. The number of rotatable bonds is 1. The minimum atomic E-state index is -0.509. The summed E-state index contributed by atoms with van der Waals surface area (Å²) >= 11 is 0. The van der Waals surface area contributed by atoms with Crippen LogP contribution in [0.4, 0.5) is 0 Å². The van der Waals surface area contributed by atoms with E-state index in [0.717, 1.165) is 0 Å². The Balaban J connectivity index is 0. The highest BCUT2D eigenvalue weighted by molar-refractivity contribution is 5.85. The molecule has 7 heavy (non-hydrogen) atoms. The number of hydrogen-bond donors (Lipinski definition) is 2. The number of nitrogens with two attached hydrogens (primary N) is 2. The third-order valence-electron chi connectivity index (χ3n) is 0.449. The van der Waals surface area contributed by atoms with Gasteiger partial charge in [0.05, 0.1) is 6.04 Å². The normalized spacial score (nSPS) is 11.7. The SMILES string of the molecule is C[C@H](N)C(N)=O.Cl. The van der Waals surface area contributed by atoms with Crippen molar-refractivity contribution in [3.63, 3.8) is 0 Å². The molecule has 0 unspecified atom stereocenters. The fraction of sp³-hybridized carbons (Fsp3) is 0.667. The smallest absolute Gasteiger partial charge is 0.234 e. The number of hydrogen-bond acceptors (Lipinski definition) is 2. The molecule has 44 valence electrons. The third-order valence-corrected chi connectivity index (χ3v) is 0.449. The molecule has 0 aromatic rings. The molecule has 0 rings (SSSR count). The quantitative estimate of drug-likeness (QED) is 0.483. The maximum Gasteiger partial charge on any atom is 0.234 e. The van der Waals surface area contributed by atoms with E-state index in [1.807, 2.05) is 0 Å². The van der Waals surface area contributed by atoms with Crippen molar-refractivity contribution in [2.24, 2.45) is 11.5 Å². The second kappa shape index (κ2) is 3.89. The highest BCUT2D eigenvalue weighted by Gasteiger charge is 1.96. The van der Waals surface area contributed by atoms with Crippen LogP contribution < -0.4 is 11.5 Å². The van der Waals surface area contributed by atoms with Crippen LogP contribution in [0.25, 0.3) is 0 Å². The lowest BCUT2D eigenvalue weighted by atomic mass is 10.4. The summed E-state index contributed by atoms with van der Waals surface area (Å²) in [6.45, 7) is 1.54. The molecule has 0 saturated heterocycles. The van der Waals surface area contributed by atoms with Crippen LogP contribution in [-0.4, -0.2) is 11.9 Å². The molecular weight excluding hydrogens is 115 g/mol. The van der Waals surface area contributed by atoms with Gasteiger partial charge in [-0.2, -0.15) is 0 Å². The van der Waals surface area contributed by atoms with E-state index < -0.39 is 11.9 Å². The zero-order chi connectivity index (χ0) is 5.15. The van der Waals surface area contributed by atoms with E-state index in [1.165, 1.54) is 0 Å². The lowest BCUT2D eigenvalue weighted by Gasteiger charge is -1.91. The highest BCUT2D eigenvalue weighted by Crippen LogP contribution is 1.64.